The first-order valence-corrected chi connectivity index (χ1v) is 8.08. The molecule has 0 radical (unpaired) electrons. The molecule has 0 bridgehead atoms. The van der Waals surface area contributed by atoms with Crippen molar-refractivity contribution in [2.75, 3.05) is 13.7 Å². The molecule has 0 saturated heterocycles. The van der Waals surface area contributed by atoms with E-state index in [1.54, 1.807) is 13.2 Å². The number of hydrogen-bond acceptors (Lipinski definition) is 7. The Labute approximate surface area is 138 Å². The number of rotatable bonds is 8. The van der Waals surface area contributed by atoms with Gasteiger partial charge in [0.1, 0.15) is 0 Å². The largest absolute Gasteiger partial charge is 0.480 e. The minimum atomic E-state index is 0.547. The summed E-state index contributed by atoms with van der Waals surface area (Å²) < 4.78 is 20.0. The van der Waals surface area contributed by atoms with E-state index in [9.17, 15) is 0 Å². The van der Waals surface area contributed by atoms with E-state index in [1.807, 2.05) is 30.3 Å². The molecular formula is C16H17N3O3S. The lowest BCUT2D eigenvalue weighted by molar-refractivity contribution is 0.117. The van der Waals surface area contributed by atoms with Crippen LogP contribution in [-0.2, 0) is 17.8 Å². The van der Waals surface area contributed by atoms with Crippen LogP contribution in [0.15, 0.2) is 40.9 Å². The van der Waals surface area contributed by atoms with Crippen LogP contribution in [0.25, 0.3) is 10.7 Å². The number of hydrogen-bond donors (Lipinski definition) is 0. The zero-order valence-corrected chi connectivity index (χ0v) is 13.6. The minimum absolute atomic E-state index is 0.547. The van der Waals surface area contributed by atoms with Crippen LogP contribution in [0.3, 0.4) is 0 Å². The van der Waals surface area contributed by atoms with Gasteiger partial charge in [0, 0.05) is 19.1 Å². The molecule has 2 heterocycles. The van der Waals surface area contributed by atoms with E-state index in [0.717, 1.165) is 11.3 Å². The molecule has 0 unspecified atom stereocenters. The summed E-state index contributed by atoms with van der Waals surface area (Å²) in [5.41, 5.74) is 1.17. The van der Waals surface area contributed by atoms with Crippen LogP contribution >= 0.6 is 11.5 Å². The van der Waals surface area contributed by atoms with Gasteiger partial charge in [0.15, 0.2) is 0 Å². The smallest absolute Gasteiger partial charge is 0.227 e. The van der Waals surface area contributed by atoms with E-state index >= 15 is 0 Å². The summed E-state index contributed by atoms with van der Waals surface area (Å²) in [7, 11) is 1.58. The van der Waals surface area contributed by atoms with Crippen molar-refractivity contribution in [1.29, 1.82) is 0 Å². The Kier molecular flexibility index (Phi) is 5.33. The Morgan fingerprint density at radius 1 is 1.22 bits per heavy atom. The lowest BCUT2D eigenvalue weighted by Crippen LogP contribution is -1.97. The van der Waals surface area contributed by atoms with Crippen LogP contribution in [0.1, 0.15) is 17.9 Å². The van der Waals surface area contributed by atoms with Gasteiger partial charge in [0.25, 0.3) is 0 Å². The lowest BCUT2D eigenvalue weighted by Gasteiger charge is -2.02. The summed E-state index contributed by atoms with van der Waals surface area (Å²) in [6, 6.07) is 11.9. The molecule has 23 heavy (non-hydrogen) atoms. The quantitative estimate of drug-likeness (QED) is 0.590. The van der Waals surface area contributed by atoms with Crippen molar-refractivity contribution in [1.82, 2.24) is 14.5 Å². The van der Waals surface area contributed by atoms with E-state index in [2.05, 4.69) is 14.5 Å². The maximum atomic E-state index is 5.64. The highest BCUT2D eigenvalue weighted by molar-refractivity contribution is 7.09. The molecule has 0 aliphatic carbocycles. The molecule has 0 atom stereocenters. The van der Waals surface area contributed by atoms with Gasteiger partial charge in [0.05, 0.1) is 18.6 Å². The van der Waals surface area contributed by atoms with Gasteiger partial charge in [-0.25, -0.2) is 0 Å². The van der Waals surface area contributed by atoms with E-state index < -0.39 is 0 Å². The standard InChI is InChI=1S/C16H17N3O3S/c1-20-15-10-13(23-19-15)16-17-14(22-18-16)8-5-9-21-11-12-6-3-2-4-7-12/h2-4,6-7,10H,5,8-9,11H2,1H3. The number of aryl methyl sites for hydroxylation is 1. The first kappa shape index (κ1) is 15.6. The number of ether oxygens (including phenoxy) is 2. The summed E-state index contributed by atoms with van der Waals surface area (Å²) in [4.78, 5) is 5.20. The van der Waals surface area contributed by atoms with Crippen molar-refractivity contribution in [2.45, 2.75) is 19.4 Å². The highest BCUT2D eigenvalue weighted by atomic mass is 32.1. The molecule has 1 aromatic carbocycles. The number of methoxy groups -OCH3 is 1. The predicted molar refractivity (Wildman–Crippen MR) is 86.4 cm³/mol. The third-order valence-electron chi connectivity index (χ3n) is 3.18. The van der Waals surface area contributed by atoms with Crippen molar-refractivity contribution >= 4 is 11.5 Å². The van der Waals surface area contributed by atoms with E-state index in [4.69, 9.17) is 14.0 Å². The third kappa shape index (κ3) is 4.37. The second kappa shape index (κ2) is 7.85. The Bertz CT molecular complexity index is 727. The fraction of sp³-hybridized carbons (Fsp3) is 0.312. The maximum Gasteiger partial charge on any atom is 0.227 e. The molecule has 3 aromatic rings. The fourth-order valence-electron chi connectivity index (χ4n) is 2.01. The first-order chi connectivity index (χ1) is 11.3. The van der Waals surface area contributed by atoms with E-state index in [-0.39, 0.29) is 0 Å². The van der Waals surface area contributed by atoms with Crippen LogP contribution in [0.5, 0.6) is 5.88 Å². The van der Waals surface area contributed by atoms with Gasteiger partial charge < -0.3 is 14.0 Å². The van der Waals surface area contributed by atoms with E-state index in [0.29, 0.717) is 37.2 Å². The molecule has 2 aromatic heterocycles. The molecule has 0 fully saturated rings. The van der Waals surface area contributed by atoms with Crippen LogP contribution < -0.4 is 4.74 Å². The Morgan fingerprint density at radius 3 is 2.87 bits per heavy atom. The van der Waals surface area contributed by atoms with Gasteiger partial charge >= 0.3 is 0 Å². The topological polar surface area (TPSA) is 70.3 Å². The molecule has 0 aliphatic heterocycles. The zero-order chi connectivity index (χ0) is 15.9. The van der Waals surface area contributed by atoms with Gasteiger partial charge in [0.2, 0.25) is 17.6 Å². The molecule has 6 nitrogen and oxygen atoms in total. The van der Waals surface area contributed by atoms with E-state index in [1.165, 1.54) is 17.1 Å². The van der Waals surface area contributed by atoms with Gasteiger partial charge in [-0.05, 0) is 23.5 Å². The Morgan fingerprint density at radius 2 is 2.09 bits per heavy atom. The van der Waals surface area contributed by atoms with Crippen LogP contribution in [0.4, 0.5) is 0 Å². The monoisotopic (exact) mass is 331 g/mol. The molecule has 0 spiro atoms. The summed E-state index contributed by atoms with van der Waals surface area (Å²) >= 11 is 1.29. The molecule has 7 heteroatoms. The summed E-state index contributed by atoms with van der Waals surface area (Å²) in [5.74, 6) is 1.72. The van der Waals surface area contributed by atoms with Crippen molar-refractivity contribution in [3.8, 4) is 16.6 Å². The zero-order valence-electron chi connectivity index (χ0n) is 12.8. The number of nitrogens with zero attached hydrogens (tertiary/aromatic N) is 3. The van der Waals surface area contributed by atoms with Gasteiger partial charge in [-0.15, -0.1) is 0 Å². The highest BCUT2D eigenvalue weighted by Crippen LogP contribution is 2.25. The minimum Gasteiger partial charge on any atom is -0.480 e. The van der Waals surface area contributed by atoms with Crippen molar-refractivity contribution in [2.24, 2.45) is 0 Å². The number of benzene rings is 1. The molecule has 0 amide bonds. The average molecular weight is 331 g/mol. The van der Waals surface area contributed by atoms with Crippen molar-refractivity contribution < 1.29 is 14.0 Å². The molecule has 3 rings (SSSR count). The SMILES string of the molecule is COc1cc(-c2noc(CCCOCc3ccccc3)n2)sn1. The second-order valence-electron chi connectivity index (χ2n) is 4.89. The van der Waals surface area contributed by atoms with Gasteiger partial charge in [-0.3, -0.25) is 0 Å². The summed E-state index contributed by atoms with van der Waals surface area (Å²) in [5, 5.41) is 3.97. The van der Waals surface area contributed by atoms with Crippen LogP contribution in [0, 0.1) is 0 Å². The molecule has 120 valence electrons. The van der Waals surface area contributed by atoms with Crippen LogP contribution in [-0.4, -0.2) is 28.2 Å². The van der Waals surface area contributed by atoms with Crippen molar-refractivity contribution in [3.63, 3.8) is 0 Å². The lowest BCUT2D eigenvalue weighted by atomic mass is 10.2. The molecule has 0 aliphatic rings. The van der Waals surface area contributed by atoms with Crippen molar-refractivity contribution in [3.05, 3.63) is 47.9 Å². The van der Waals surface area contributed by atoms with Crippen LogP contribution in [0.2, 0.25) is 0 Å². The Hall–Kier alpha value is -2.25. The predicted octanol–water partition coefficient (Wildman–Crippen LogP) is 3.35. The molecule has 0 N–H and O–H groups in total. The fourth-order valence-corrected chi connectivity index (χ4v) is 2.64. The highest BCUT2D eigenvalue weighted by Gasteiger charge is 2.12. The normalized spacial score (nSPS) is 10.8. The summed E-state index contributed by atoms with van der Waals surface area (Å²) in [6.07, 6.45) is 1.53. The number of aromatic nitrogens is 3. The third-order valence-corrected chi connectivity index (χ3v) is 3.95. The molecular weight excluding hydrogens is 314 g/mol. The maximum absolute atomic E-state index is 5.64. The van der Waals surface area contributed by atoms with Gasteiger partial charge in [-0.2, -0.15) is 9.36 Å². The van der Waals surface area contributed by atoms with Gasteiger partial charge in [-0.1, -0.05) is 35.5 Å². The summed E-state index contributed by atoms with van der Waals surface area (Å²) in [6.45, 7) is 1.28. The average Bonchev–Trinajstić information content (AvgIpc) is 3.24. The first-order valence-electron chi connectivity index (χ1n) is 7.30. The molecule has 0 saturated carbocycles. The second-order valence-corrected chi connectivity index (χ2v) is 5.69. The Balaban J connectivity index is 1.42.